The van der Waals surface area contributed by atoms with Gasteiger partial charge in [-0.3, -0.25) is 4.79 Å². The number of carbonyl (C=O) groups is 1. The van der Waals surface area contributed by atoms with Crippen molar-refractivity contribution in [3.63, 3.8) is 0 Å². The minimum absolute atomic E-state index is 0. The number of nitrogens with one attached hydrogen (secondary N) is 2. The Morgan fingerprint density at radius 3 is 2.57 bits per heavy atom. The van der Waals surface area contributed by atoms with Gasteiger partial charge in [-0.05, 0) is 43.1 Å². The molecule has 0 saturated carbocycles. The number of hydrogen-bond donors (Lipinski definition) is 2. The zero-order chi connectivity index (χ0) is 16.2. The van der Waals surface area contributed by atoms with Gasteiger partial charge in [-0.15, -0.1) is 12.4 Å². The van der Waals surface area contributed by atoms with Crippen molar-refractivity contribution in [2.45, 2.75) is 25.6 Å². The first-order chi connectivity index (χ1) is 10.4. The Balaban J connectivity index is 0.00000264. The summed E-state index contributed by atoms with van der Waals surface area (Å²) in [7, 11) is 0. The molecule has 2 atom stereocenters. The molecular formula is C15H20ClF3N2O2. The summed E-state index contributed by atoms with van der Waals surface area (Å²) < 4.78 is 42.5. The molecule has 1 aromatic carbocycles. The predicted octanol–water partition coefficient (Wildman–Crippen LogP) is 2.62. The molecule has 2 rings (SSSR count). The lowest BCUT2D eigenvalue weighted by Gasteiger charge is -2.30. The van der Waals surface area contributed by atoms with E-state index in [4.69, 9.17) is 4.74 Å². The van der Waals surface area contributed by atoms with Crippen LogP contribution in [0, 0.1) is 5.92 Å². The highest BCUT2D eigenvalue weighted by molar-refractivity contribution is 5.85. The van der Waals surface area contributed by atoms with Gasteiger partial charge in [0, 0.05) is 12.6 Å². The van der Waals surface area contributed by atoms with E-state index in [9.17, 15) is 18.0 Å². The first-order valence-electron chi connectivity index (χ1n) is 7.16. The molecule has 1 aliphatic heterocycles. The summed E-state index contributed by atoms with van der Waals surface area (Å²) in [5, 5.41) is 6.07. The number of amides is 1. The average Bonchev–Trinajstić information content (AvgIpc) is 2.47. The third-order valence-corrected chi connectivity index (χ3v) is 3.73. The lowest BCUT2D eigenvalue weighted by atomic mass is 9.95. The third-order valence-electron chi connectivity index (χ3n) is 3.73. The van der Waals surface area contributed by atoms with E-state index in [2.05, 4.69) is 17.6 Å². The van der Waals surface area contributed by atoms with Gasteiger partial charge in [-0.25, -0.2) is 0 Å². The summed E-state index contributed by atoms with van der Waals surface area (Å²) in [4.78, 5) is 11.8. The van der Waals surface area contributed by atoms with Gasteiger partial charge in [0.15, 0.2) is 6.61 Å². The summed E-state index contributed by atoms with van der Waals surface area (Å²) in [5.74, 6) is 0.342. The lowest BCUT2D eigenvalue weighted by Crippen LogP contribution is -2.51. The van der Waals surface area contributed by atoms with Gasteiger partial charge in [-0.2, -0.15) is 13.2 Å². The van der Waals surface area contributed by atoms with Gasteiger partial charge in [0.05, 0.1) is 5.56 Å². The molecule has 2 N–H and O–H groups in total. The molecule has 1 aromatic rings. The Hall–Kier alpha value is -1.47. The number of alkyl halides is 3. The van der Waals surface area contributed by atoms with Crippen molar-refractivity contribution in [2.24, 2.45) is 5.92 Å². The van der Waals surface area contributed by atoms with E-state index < -0.39 is 11.7 Å². The van der Waals surface area contributed by atoms with Crippen molar-refractivity contribution in [1.29, 1.82) is 0 Å². The highest BCUT2D eigenvalue weighted by Gasteiger charge is 2.30. The normalized spacial score (nSPS) is 21.2. The van der Waals surface area contributed by atoms with Crippen molar-refractivity contribution in [2.75, 3.05) is 19.7 Å². The minimum atomic E-state index is -4.37. The topological polar surface area (TPSA) is 50.4 Å². The van der Waals surface area contributed by atoms with Crippen LogP contribution in [-0.2, 0) is 11.0 Å². The second-order valence-electron chi connectivity index (χ2n) is 5.45. The van der Waals surface area contributed by atoms with Crippen LogP contribution in [0.3, 0.4) is 0 Å². The molecule has 1 amide bonds. The second-order valence-corrected chi connectivity index (χ2v) is 5.45. The van der Waals surface area contributed by atoms with E-state index in [-0.39, 0.29) is 36.7 Å². The number of halogens is 4. The largest absolute Gasteiger partial charge is 0.484 e. The maximum Gasteiger partial charge on any atom is 0.416 e. The van der Waals surface area contributed by atoms with Crippen molar-refractivity contribution in [3.05, 3.63) is 29.8 Å². The zero-order valence-electron chi connectivity index (χ0n) is 12.7. The van der Waals surface area contributed by atoms with Crippen molar-refractivity contribution in [1.82, 2.24) is 10.6 Å². The maximum atomic E-state index is 12.4. The molecule has 23 heavy (non-hydrogen) atoms. The number of hydrogen-bond acceptors (Lipinski definition) is 3. The number of benzene rings is 1. The monoisotopic (exact) mass is 352 g/mol. The zero-order valence-corrected chi connectivity index (χ0v) is 13.5. The summed E-state index contributed by atoms with van der Waals surface area (Å²) in [6.07, 6.45) is -3.38. The Kier molecular flexibility index (Phi) is 7.15. The van der Waals surface area contributed by atoms with Crippen LogP contribution < -0.4 is 15.4 Å². The van der Waals surface area contributed by atoms with Crippen molar-refractivity contribution < 1.29 is 22.7 Å². The molecule has 0 spiro atoms. The van der Waals surface area contributed by atoms with E-state index >= 15 is 0 Å². The molecule has 0 radical (unpaired) electrons. The average molecular weight is 353 g/mol. The van der Waals surface area contributed by atoms with E-state index in [0.717, 1.165) is 25.1 Å². The van der Waals surface area contributed by atoms with Crippen LogP contribution in [-0.4, -0.2) is 31.6 Å². The van der Waals surface area contributed by atoms with Crippen LogP contribution in [0.25, 0.3) is 0 Å². The van der Waals surface area contributed by atoms with E-state index in [1.54, 1.807) is 0 Å². The smallest absolute Gasteiger partial charge is 0.416 e. The third kappa shape index (κ3) is 5.91. The van der Waals surface area contributed by atoms with Gasteiger partial charge in [-0.1, -0.05) is 6.92 Å². The van der Waals surface area contributed by atoms with Gasteiger partial charge >= 0.3 is 6.18 Å². The molecule has 8 heteroatoms. The Morgan fingerprint density at radius 2 is 2.00 bits per heavy atom. The molecule has 1 fully saturated rings. The minimum Gasteiger partial charge on any atom is -0.484 e. The fraction of sp³-hybridized carbons (Fsp3) is 0.533. The quantitative estimate of drug-likeness (QED) is 0.876. The van der Waals surface area contributed by atoms with Crippen LogP contribution in [0.1, 0.15) is 18.9 Å². The molecule has 0 aliphatic carbocycles. The summed E-state index contributed by atoms with van der Waals surface area (Å²) in [6.45, 7) is 3.51. The van der Waals surface area contributed by atoms with Crippen LogP contribution in [0.4, 0.5) is 13.2 Å². The van der Waals surface area contributed by atoms with E-state index in [1.165, 1.54) is 12.1 Å². The summed E-state index contributed by atoms with van der Waals surface area (Å²) in [6, 6.07) is 4.33. The second kappa shape index (κ2) is 8.40. The Labute approximate surface area is 139 Å². The van der Waals surface area contributed by atoms with Crippen molar-refractivity contribution in [3.8, 4) is 5.75 Å². The predicted molar refractivity (Wildman–Crippen MR) is 82.8 cm³/mol. The number of ether oxygens (including phenoxy) is 1. The van der Waals surface area contributed by atoms with Crippen LogP contribution >= 0.6 is 12.4 Å². The maximum absolute atomic E-state index is 12.4. The van der Waals surface area contributed by atoms with Gasteiger partial charge in [0.25, 0.3) is 5.91 Å². The molecular weight excluding hydrogens is 333 g/mol. The SMILES string of the molecule is CC1CCNCC1NC(=O)COc1ccc(C(F)(F)F)cc1.Cl. The highest BCUT2D eigenvalue weighted by Crippen LogP contribution is 2.30. The van der Waals surface area contributed by atoms with E-state index in [0.29, 0.717) is 12.5 Å². The highest BCUT2D eigenvalue weighted by atomic mass is 35.5. The molecule has 1 heterocycles. The number of rotatable bonds is 4. The molecule has 130 valence electrons. The van der Waals surface area contributed by atoms with Crippen LogP contribution in [0.5, 0.6) is 5.75 Å². The van der Waals surface area contributed by atoms with E-state index in [1.807, 2.05) is 0 Å². The molecule has 1 saturated heterocycles. The summed E-state index contributed by atoms with van der Waals surface area (Å²) in [5.41, 5.74) is -0.744. The lowest BCUT2D eigenvalue weighted by molar-refractivity contribution is -0.137. The molecule has 2 unspecified atom stereocenters. The fourth-order valence-corrected chi connectivity index (χ4v) is 2.32. The Bertz CT molecular complexity index is 508. The van der Waals surface area contributed by atoms with Gasteiger partial charge in [0.2, 0.25) is 0 Å². The molecule has 1 aliphatic rings. The summed E-state index contributed by atoms with van der Waals surface area (Å²) >= 11 is 0. The van der Waals surface area contributed by atoms with Gasteiger partial charge in [0.1, 0.15) is 5.75 Å². The first-order valence-corrected chi connectivity index (χ1v) is 7.16. The number of carbonyl (C=O) groups excluding carboxylic acids is 1. The van der Waals surface area contributed by atoms with Gasteiger partial charge < -0.3 is 15.4 Å². The number of piperidine rings is 1. The first kappa shape index (κ1) is 19.6. The van der Waals surface area contributed by atoms with Crippen LogP contribution in [0.2, 0.25) is 0 Å². The molecule has 0 aromatic heterocycles. The standard InChI is InChI=1S/C15H19F3N2O2.ClH/c1-10-6-7-19-8-13(10)20-14(21)9-22-12-4-2-11(3-5-12)15(16,17)18;/h2-5,10,13,19H,6-9H2,1H3,(H,20,21);1H. The fourth-order valence-electron chi connectivity index (χ4n) is 2.32. The Morgan fingerprint density at radius 1 is 1.35 bits per heavy atom. The van der Waals surface area contributed by atoms with Crippen LogP contribution in [0.15, 0.2) is 24.3 Å². The van der Waals surface area contributed by atoms with Crippen molar-refractivity contribution >= 4 is 18.3 Å². The molecule has 4 nitrogen and oxygen atoms in total. The molecule has 0 bridgehead atoms.